The standard InChI is InChI=1S/C18H12N2O4S/c21-15-9-12(19-18-20(15)7-8-25-18)10-24-17(23)14-6-5-11-3-1-2-4-13(11)16(14)22/h1-9,22H,10H2. The number of aromatic hydroxyl groups is 1. The Morgan fingerprint density at radius 3 is 2.96 bits per heavy atom. The summed E-state index contributed by atoms with van der Waals surface area (Å²) in [6.07, 6.45) is 1.64. The van der Waals surface area contributed by atoms with E-state index in [0.29, 0.717) is 16.0 Å². The van der Waals surface area contributed by atoms with E-state index < -0.39 is 5.97 Å². The summed E-state index contributed by atoms with van der Waals surface area (Å²) in [6.45, 7) is -0.144. The third-order valence-electron chi connectivity index (χ3n) is 3.83. The number of phenolic OH excluding ortho intramolecular Hbond substituents is 1. The summed E-state index contributed by atoms with van der Waals surface area (Å²) >= 11 is 1.32. The second-order valence-corrected chi connectivity index (χ2v) is 6.27. The van der Waals surface area contributed by atoms with Gasteiger partial charge in [-0.05, 0) is 11.5 Å². The largest absolute Gasteiger partial charge is 0.506 e. The Morgan fingerprint density at radius 2 is 2.08 bits per heavy atom. The van der Waals surface area contributed by atoms with Crippen LogP contribution < -0.4 is 5.56 Å². The number of carbonyl (C=O) groups is 1. The highest BCUT2D eigenvalue weighted by Gasteiger charge is 2.16. The van der Waals surface area contributed by atoms with E-state index in [4.69, 9.17) is 4.74 Å². The summed E-state index contributed by atoms with van der Waals surface area (Å²) in [5.41, 5.74) is 0.208. The van der Waals surface area contributed by atoms with Gasteiger partial charge in [-0.15, -0.1) is 11.3 Å². The molecule has 1 N–H and O–H groups in total. The third-order valence-corrected chi connectivity index (χ3v) is 4.58. The molecule has 2 heterocycles. The maximum absolute atomic E-state index is 12.3. The van der Waals surface area contributed by atoms with E-state index >= 15 is 0 Å². The molecule has 0 radical (unpaired) electrons. The average Bonchev–Trinajstić information content (AvgIpc) is 3.09. The van der Waals surface area contributed by atoms with Gasteiger partial charge in [-0.3, -0.25) is 9.20 Å². The van der Waals surface area contributed by atoms with Crippen molar-refractivity contribution >= 4 is 33.0 Å². The molecule has 0 fully saturated rings. The van der Waals surface area contributed by atoms with Gasteiger partial charge in [0.15, 0.2) is 4.96 Å². The van der Waals surface area contributed by atoms with E-state index in [2.05, 4.69) is 4.98 Å². The zero-order valence-corrected chi connectivity index (χ0v) is 13.7. The second kappa shape index (κ2) is 6.03. The van der Waals surface area contributed by atoms with E-state index in [1.54, 1.807) is 29.8 Å². The summed E-state index contributed by atoms with van der Waals surface area (Å²) in [5, 5.41) is 13.5. The first-order valence-corrected chi connectivity index (χ1v) is 8.35. The number of esters is 1. The van der Waals surface area contributed by atoms with Gasteiger partial charge >= 0.3 is 5.97 Å². The molecule has 2 aromatic carbocycles. The summed E-state index contributed by atoms with van der Waals surface area (Å²) < 4.78 is 6.64. The molecule has 0 aliphatic heterocycles. The van der Waals surface area contributed by atoms with E-state index in [-0.39, 0.29) is 23.5 Å². The molecule has 25 heavy (non-hydrogen) atoms. The number of carbonyl (C=O) groups excluding carboxylic acids is 1. The van der Waals surface area contributed by atoms with Gasteiger partial charge in [0.05, 0.1) is 5.69 Å². The lowest BCUT2D eigenvalue weighted by Gasteiger charge is -2.08. The molecule has 0 unspecified atom stereocenters. The summed E-state index contributed by atoms with van der Waals surface area (Å²) in [5.74, 6) is -0.790. The first kappa shape index (κ1) is 15.3. The van der Waals surface area contributed by atoms with Crippen molar-refractivity contribution in [2.24, 2.45) is 0 Å². The van der Waals surface area contributed by atoms with Gasteiger partial charge in [0, 0.05) is 23.0 Å². The Kier molecular flexibility index (Phi) is 3.70. The third kappa shape index (κ3) is 2.74. The number of fused-ring (bicyclic) bond motifs is 2. The van der Waals surface area contributed by atoms with Crippen LogP contribution in [0.3, 0.4) is 0 Å². The zero-order chi connectivity index (χ0) is 17.4. The minimum absolute atomic E-state index is 0.0765. The molecule has 124 valence electrons. The number of benzene rings is 2. The fraction of sp³-hybridized carbons (Fsp3) is 0.0556. The second-order valence-electron chi connectivity index (χ2n) is 5.40. The van der Waals surface area contributed by atoms with Crippen molar-refractivity contribution in [2.75, 3.05) is 0 Å². The monoisotopic (exact) mass is 352 g/mol. The number of rotatable bonds is 3. The minimum atomic E-state index is -0.670. The highest BCUT2D eigenvalue weighted by Crippen LogP contribution is 2.29. The highest BCUT2D eigenvalue weighted by atomic mass is 32.1. The van der Waals surface area contributed by atoms with Crippen molar-refractivity contribution in [1.29, 1.82) is 0 Å². The zero-order valence-electron chi connectivity index (χ0n) is 12.9. The molecular weight excluding hydrogens is 340 g/mol. The Balaban J connectivity index is 1.59. The maximum Gasteiger partial charge on any atom is 0.342 e. The van der Waals surface area contributed by atoms with Crippen molar-refractivity contribution in [3.8, 4) is 5.75 Å². The maximum atomic E-state index is 12.3. The SMILES string of the molecule is O=C(OCc1cc(=O)n2ccsc2n1)c1ccc2ccccc2c1O. The fourth-order valence-corrected chi connectivity index (χ4v) is 3.34. The van der Waals surface area contributed by atoms with E-state index in [9.17, 15) is 14.7 Å². The van der Waals surface area contributed by atoms with Gasteiger partial charge in [0.2, 0.25) is 0 Å². The van der Waals surface area contributed by atoms with Crippen LogP contribution in [0.4, 0.5) is 0 Å². The van der Waals surface area contributed by atoms with Crippen molar-refractivity contribution in [1.82, 2.24) is 9.38 Å². The lowest BCUT2D eigenvalue weighted by Crippen LogP contribution is -2.14. The number of aromatic nitrogens is 2. The molecule has 0 saturated heterocycles. The fourth-order valence-electron chi connectivity index (χ4n) is 2.60. The number of phenols is 1. The van der Waals surface area contributed by atoms with Crippen molar-refractivity contribution < 1.29 is 14.6 Å². The van der Waals surface area contributed by atoms with Gasteiger partial charge in [-0.1, -0.05) is 30.3 Å². The first-order chi connectivity index (χ1) is 12.1. The number of nitrogens with zero attached hydrogens (tertiary/aromatic N) is 2. The molecule has 0 aliphatic carbocycles. The van der Waals surface area contributed by atoms with Crippen LogP contribution in [0.15, 0.2) is 58.8 Å². The normalized spacial score (nSPS) is 11.0. The number of thiazole rings is 1. The van der Waals surface area contributed by atoms with Gasteiger partial charge < -0.3 is 9.84 Å². The van der Waals surface area contributed by atoms with Crippen LogP contribution in [0.5, 0.6) is 5.75 Å². The molecule has 6 nitrogen and oxygen atoms in total. The van der Waals surface area contributed by atoms with E-state index in [0.717, 1.165) is 5.39 Å². The molecule has 0 bridgehead atoms. The van der Waals surface area contributed by atoms with Crippen molar-refractivity contribution in [3.63, 3.8) is 0 Å². The van der Waals surface area contributed by atoms with Crippen molar-refractivity contribution in [2.45, 2.75) is 6.61 Å². The van der Waals surface area contributed by atoms with Gasteiger partial charge in [0.25, 0.3) is 5.56 Å². The summed E-state index contributed by atoms with van der Waals surface area (Å²) in [6, 6.07) is 11.8. The van der Waals surface area contributed by atoms with Crippen LogP contribution in [0, 0.1) is 0 Å². The van der Waals surface area contributed by atoms with Crippen LogP contribution >= 0.6 is 11.3 Å². The lowest BCUT2D eigenvalue weighted by atomic mass is 10.1. The molecule has 4 aromatic rings. The van der Waals surface area contributed by atoms with E-state index in [1.807, 2.05) is 12.1 Å². The van der Waals surface area contributed by atoms with Crippen LogP contribution in [-0.2, 0) is 11.3 Å². The Morgan fingerprint density at radius 1 is 1.24 bits per heavy atom. The minimum Gasteiger partial charge on any atom is -0.506 e. The predicted octanol–water partition coefficient (Wildman–Crippen LogP) is 2.97. The lowest BCUT2D eigenvalue weighted by molar-refractivity contribution is 0.0465. The quantitative estimate of drug-likeness (QED) is 0.573. The number of hydrogen-bond donors (Lipinski definition) is 1. The topological polar surface area (TPSA) is 80.9 Å². The van der Waals surface area contributed by atoms with Gasteiger partial charge in [-0.2, -0.15) is 0 Å². The molecule has 0 aliphatic rings. The van der Waals surface area contributed by atoms with Crippen LogP contribution in [0.2, 0.25) is 0 Å². The smallest absolute Gasteiger partial charge is 0.342 e. The molecule has 2 aromatic heterocycles. The van der Waals surface area contributed by atoms with Crippen LogP contribution in [-0.4, -0.2) is 20.5 Å². The predicted molar refractivity (Wildman–Crippen MR) is 94.1 cm³/mol. The highest BCUT2D eigenvalue weighted by molar-refractivity contribution is 7.15. The molecule has 0 spiro atoms. The molecule has 7 heteroatoms. The number of hydrogen-bond acceptors (Lipinski definition) is 6. The van der Waals surface area contributed by atoms with Crippen LogP contribution in [0.25, 0.3) is 15.7 Å². The average molecular weight is 352 g/mol. The number of ether oxygens (including phenoxy) is 1. The molecule has 0 saturated carbocycles. The molecule has 0 atom stereocenters. The van der Waals surface area contributed by atoms with Gasteiger partial charge in [0.1, 0.15) is 17.9 Å². The summed E-state index contributed by atoms with van der Waals surface area (Å²) in [7, 11) is 0. The molecule has 4 rings (SSSR count). The molecular formula is C18H12N2O4S. The Bertz CT molecular complexity index is 1160. The molecule has 0 amide bonds. The first-order valence-electron chi connectivity index (χ1n) is 7.47. The Hall–Kier alpha value is -3.19. The summed E-state index contributed by atoms with van der Waals surface area (Å²) in [4.78, 5) is 29.0. The Labute approximate surface area is 145 Å². The van der Waals surface area contributed by atoms with Crippen molar-refractivity contribution in [3.05, 3.63) is 75.7 Å². The van der Waals surface area contributed by atoms with Crippen LogP contribution in [0.1, 0.15) is 16.1 Å². The van der Waals surface area contributed by atoms with E-state index in [1.165, 1.54) is 27.9 Å². The van der Waals surface area contributed by atoms with Gasteiger partial charge in [-0.25, -0.2) is 9.78 Å².